The number of rotatable bonds is 7. The van der Waals surface area contributed by atoms with Crippen molar-refractivity contribution in [2.45, 2.75) is 39.3 Å². The first-order chi connectivity index (χ1) is 9.76. The average Bonchev–Trinajstić information content (AvgIpc) is 2.91. The Hall–Kier alpha value is -0.580. The van der Waals surface area contributed by atoms with E-state index >= 15 is 0 Å². The molecule has 20 heavy (non-hydrogen) atoms. The van der Waals surface area contributed by atoms with Gasteiger partial charge in [0.05, 0.1) is 11.7 Å². The fraction of sp³-hybridized carbons (Fsp3) is 0.800. The molecule has 0 unspecified atom stereocenters. The third kappa shape index (κ3) is 4.21. The number of halogens is 1. The number of hydrogen-bond acceptors (Lipinski definition) is 3. The van der Waals surface area contributed by atoms with Crippen molar-refractivity contribution in [3.05, 3.63) is 18.0 Å². The molecular weight excluding hydrogens is 272 g/mol. The summed E-state index contributed by atoms with van der Waals surface area (Å²) >= 11 is 5.79. The van der Waals surface area contributed by atoms with Crippen molar-refractivity contribution in [2.24, 2.45) is 0 Å². The predicted molar refractivity (Wildman–Crippen MR) is 84.3 cm³/mol. The Balaban J connectivity index is 1.82. The van der Waals surface area contributed by atoms with E-state index in [0.717, 1.165) is 58.0 Å². The summed E-state index contributed by atoms with van der Waals surface area (Å²) in [7, 11) is 0. The van der Waals surface area contributed by atoms with Crippen LogP contribution in [0.15, 0.2) is 12.3 Å². The Morgan fingerprint density at radius 2 is 1.80 bits per heavy atom. The van der Waals surface area contributed by atoms with Gasteiger partial charge in [-0.25, -0.2) is 0 Å². The maximum atomic E-state index is 5.79. The van der Waals surface area contributed by atoms with Crippen molar-refractivity contribution in [1.82, 2.24) is 19.6 Å². The fourth-order valence-corrected chi connectivity index (χ4v) is 3.09. The molecule has 1 aliphatic heterocycles. The third-order valence-corrected chi connectivity index (χ3v) is 4.40. The fourth-order valence-electron chi connectivity index (χ4n) is 2.85. The molecule has 0 spiro atoms. The van der Waals surface area contributed by atoms with Crippen LogP contribution in [0.5, 0.6) is 0 Å². The zero-order valence-corrected chi connectivity index (χ0v) is 13.5. The second-order valence-electron chi connectivity index (χ2n) is 5.56. The maximum Gasteiger partial charge on any atom is 0.0764 e. The van der Waals surface area contributed by atoms with Crippen LogP contribution in [-0.4, -0.2) is 58.2 Å². The topological polar surface area (TPSA) is 24.3 Å². The molecule has 1 aliphatic rings. The lowest BCUT2D eigenvalue weighted by Crippen LogP contribution is -2.46. The van der Waals surface area contributed by atoms with Crippen LogP contribution in [0.1, 0.15) is 38.4 Å². The number of nitrogens with zero attached hydrogens (tertiary/aromatic N) is 4. The second kappa shape index (κ2) is 8.01. The quantitative estimate of drug-likeness (QED) is 0.723. The zero-order valence-electron chi connectivity index (χ0n) is 12.8. The molecule has 0 radical (unpaired) electrons. The Kier molecular flexibility index (Phi) is 6.33. The number of hydrogen-bond donors (Lipinski definition) is 0. The molecule has 114 valence electrons. The van der Waals surface area contributed by atoms with Crippen LogP contribution in [0.4, 0.5) is 0 Å². The summed E-state index contributed by atoms with van der Waals surface area (Å²) in [6, 6.07) is 2.72. The minimum atomic E-state index is 0.546. The van der Waals surface area contributed by atoms with E-state index in [9.17, 15) is 0 Å². The molecule has 0 saturated carbocycles. The van der Waals surface area contributed by atoms with Gasteiger partial charge >= 0.3 is 0 Å². The van der Waals surface area contributed by atoms with Gasteiger partial charge in [0, 0.05) is 51.3 Å². The van der Waals surface area contributed by atoms with E-state index in [1.807, 2.05) is 0 Å². The van der Waals surface area contributed by atoms with E-state index in [0.29, 0.717) is 6.04 Å². The van der Waals surface area contributed by atoms with Crippen LogP contribution in [-0.2, 0) is 6.54 Å². The van der Waals surface area contributed by atoms with Crippen LogP contribution in [0, 0.1) is 0 Å². The van der Waals surface area contributed by atoms with Crippen LogP contribution in [0.25, 0.3) is 0 Å². The molecule has 0 aliphatic carbocycles. The molecule has 4 nitrogen and oxygen atoms in total. The highest BCUT2D eigenvalue weighted by molar-refractivity contribution is 6.18. The lowest BCUT2D eigenvalue weighted by molar-refractivity contribution is 0.131. The second-order valence-corrected chi connectivity index (χ2v) is 5.94. The van der Waals surface area contributed by atoms with Gasteiger partial charge in [0.15, 0.2) is 0 Å². The molecule has 0 atom stereocenters. The monoisotopic (exact) mass is 298 g/mol. The summed E-state index contributed by atoms with van der Waals surface area (Å²) in [5.74, 6) is 0.736. The first-order valence-corrected chi connectivity index (χ1v) is 8.35. The molecule has 1 fully saturated rings. The van der Waals surface area contributed by atoms with Crippen molar-refractivity contribution in [2.75, 3.05) is 38.6 Å². The van der Waals surface area contributed by atoms with Crippen molar-refractivity contribution >= 4 is 11.6 Å². The Bertz CT molecular complexity index is 381. The highest BCUT2D eigenvalue weighted by Gasteiger charge is 2.17. The molecule has 1 aromatic heterocycles. The predicted octanol–water partition coefficient (Wildman–Crippen LogP) is 2.60. The van der Waals surface area contributed by atoms with E-state index in [-0.39, 0.29) is 0 Å². The summed E-state index contributed by atoms with van der Waals surface area (Å²) in [6.07, 6.45) is 4.43. The zero-order chi connectivity index (χ0) is 14.4. The minimum Gasteiger partial charge on any atom is -0.300 e. The summed E-state index contributed by atoms with van der Waals surface area (Å²) in [4.78, 5) is 4.93. The summed E-state index contributed by atoms with van der Waals surface area (Å²) in [5, 5.41) is 4.74. The van der Waals surface area contributed by atoms with Crippen molar-refractivity contribution in [1.29, 1.82) is 0 Å². The number of alkyl halides is 1. The Morgan fingerprint density at radius 1 is 1.15 bits per heavy atom. The van der Waals surface area contributed by atoms with Gasteiger partial charge in [-0.1, -0.05) is 13.8 Å². The van der Waals surface area contributed by atoms with E-state index in [2.05, 4.69) is 40.6 Å². The van der Waals surface area contributed by atoms with Gasteiger partial charge in [0.25, 0.3) is 0 Å². The van der Waals surface area contributed by atoms with E-state index in [4.69, 9.17) is 16.7 Å². The molecule has 2 heterocycles. The van der Waals surface area contributed by atoms with E-state index in [1.54, 1.807) is 0 Å². The van der Waals surface area contributed by atoms with Gasteiger partial charge in [-0.2, -0.15) is 5.10 Å². The minimum absolute atomic E-state index is 0.546. The largest absolute Gasteiger partial charge is 0.300 e. The molecule has 1 aromatic rings. The van der Waals surface area contributed by atoms with Gasteiger partial charge < -0.3 is 0 Å². The van der Waals surface area contributed by atoms with Crippen LogP contribution in [0.2, 0.25) is 0 Å². The first-order valence-electron chi connectivity index (χ1n) is 7.81. The summed E-state index contributed by atoms with van der Waals surface area (Å²) in [5.41, 5.74) is 1.20. The Labute approximate surface area is 127 Å². The smallest absolute Gasteiger partial charge is 0.0764 e. The van der Waals surface area contributed by atoms with Crippen LogP contribution in [0.3, 0.4) is 0 Å². The van der Waals surface area contributed by atoms with Gasteiger partial charge in [-0.05, 0) is 18.9 Å². The summed E-state index contributed by atoms with van der Waals surface area (Å²) < 4.78 is 2.14. The number of aromatic nitrogens is 2. The molecule has 2 rings (SSSR count). The highest BCUT2D eigenvalue weighted by Crippen LogP contribution is 2.15. The molecule has 5 heteroatoms. The van der Waals surface area contributed by atoms with Crippen LogP contribution >= 0.6 is 11.6 Å². The first kappa shape index (κ1) is 15.8. The van der Waals surface area contributed by atoms with Crippen molar-refractivity contribution < 1.29 is 0 Å². The standard InChI is InChI=1S/C15H27ClN4/c1-3-15(4-2)20-7-5-14(17-20)13-19-11-9-18(8-6-16)10-12-19/h5,7,15H,3-4,6,8-13H2,1-2H3. The molecule has 0 amide bonds. The lowest BCUT2D eigenvalue weighted by atomic mass is 10.2. The Morgan fingerprint density at radius 3 is 2.40 bits per heavy atom. The van der Waals surface area contributed by atoms with E-state index < -0.39 is 0 Å². The van der Waals surface area contributed by atoms with E-state index in [1.165, 1.54) is 5.69 Å². The third-order valence-electron chi connectivity index (χ3n) is 4.23. The van der Waals surface area contributed by atoms with Crippen molar-refractivity contribution in [3.8, 4) is 0 Å². The molecule has 0 aromatic carbocycles. The average molecular weight is 299 g/mol. The summed E-state index contributed by atoms with van der Waals surface area (Å²) in [6.45, 7) is 10.9. The highest BCUT2D eigenvalue weighted by atomic mass is 35.5. The molecule has 0 N–H and O–H groups in total. The van der Waals surface area contributed by atoms with Gasteiger partial charge in [-0.3, -0.25) is 14.5 Å². The molecule has 1 saturated heterocycles. The van der Waals surface area contributed by atoms with Gasteiger partial charge in [0.1, 0.15) is 0 Å². The van der Waals surface area contributed by atoms with Gasteiger partial charge in [0.2, 0.25) is 0 Å². The maximum absolute atomic E-state index is 5.79. The lowest BCUT2D eigenvalue weighted by Gasteiger charge is -2.33. The van der Waals surface area contributed by atoms with Gasteiger partial charge in [-0.15, -0.1) is 11.6 Å². The normalized spacial score (nSPS) is 18.0. The molecular formula is C15H27ClN4. The molecule has 0 bridgehead atoms. The van der Waals surface area contributed by atoms with Crippen LogP contribution < -0.4 is 0 Å². The SMILES string of the molecule is CCC(CC)n1ccc(CN2CCN(CCCl)CC2)n1. The van der Waals surface area contributed by atoms with Crippen molar-refractivity contribution in [3.63, 3.8) is 0 Å². The number of piperazine rings is 1.